The quantitative estimate of drug-likeness (QED) is 0.750. The maximum atomic E-state index is 13.0. The molecule has 5 nitrogen and oxygen atoms in total. The van der Waals surface area contributed by atoms with Crippen molar-refractivity contribution in [3.63, 3.8) is 0 Å². The van der Waals surface area contributed by atoms with E-state index in [1.54, 1.807) is 6.92 Å². The van der Waals surface area contributed by atoms with E-state index in [1.165, 1.54) is 6.92 Å². The Morgan fingerprint density at radius 2 is 2.21 bits per heavy atom. The number of alkyl halides is 1. The van der Waals surface area contributed by atoms with Crippen molar-refractivity contribution in [1.29, 1.82) is 0 Å². The van der Waals surface area contributed by atoms with Crippen LogP contribution in [0.2, 0.25) is 0 Å². The summed E-state index contributed by atoms with van der Waals surface area (Å²) in [5.41, 5.74) is -0.272. The topological polar surface area (TPSA) is 72.2 Å². The van der Waals surface area contributed by atoms with E-state index in [9.17, 15) is 14.0 Å². The molecule has 0 aliphatic rings. The Morgan fingerprint density at radius 1 is 1.64 bits per heavy atom. The molecule has 1 unspecified atom stereocenters. The van der Waals surface area contributed by atoms with Gasteiger partial charge in [-0.25, -0.2) is 14.2 Å². The Balaban J connectivity index is 3.35. The van der Waals surface area contributed by atoms with Gasteiger partial charge in [-0.3, -0.25) is 9.36 Å². The van der Waals surface area contributed by atoms with E-state index in [0.717, 1.165) is 6.07 Å². The van der Waals surface area contributed by atoms with Crippen LogP contribution in [0.3, 0.4) is 0 Å². The molecule has 1 heterocycles. The first-order valence-corrected chi connectivity index (χ1v) is 3.87. The first-order chi connectivity index (χ1) is 6.43. The Bertz CT molecular complexity index is 427. The second kappa shape index (κ2) is 3.57. The van der Waals surface area contributed by atoms with E-state index < -0.39 is 17.8 Å². The van der Waals surface area contributed by atoms with Crippen LogP contribution in [0, 0.1) is 13.8 Å². The van der Waals surface area contributed by atoms with Crippen molar-refractivity contribution >= 4 is 5.97 Å². The lowest BCUT2D eigenvalue weighted by Gasteiger charge is -2.10. The summed E-state index contributed by atoms with van der Waals surface area (Å²) in [6, 6.07) is 1.09. The lowest BCUT2D eigenvalue weighted by Crippen LogP contribution is -2.29. The summed E-state index contributed by atoms with van der Waals surface area (Å²) in [6.07, 6.45) is -2.38. The van der Waals surface area contributed by atoms with Crippen molar-refractivity contribution in [1.82, 2.24) is 9.55 Å². The first-order valence-electron chi connectivity index (χ1n) is 3.87. The van der Waals surface area contributed by atoms with Crippen LogP contribution in [0.15, 0.2) is 10.9 Å². The van der Waals surface area contributed by atoms with Gasteiger partial charge in [0.25, 0.3) is 11.9 Å². The molecule has 1 aromatic heterocycles. The highest BCUT2D eigenvalue weighted by atomic mass is 19.1. The minimum atomic E-state index is -2.38. The number of carboxylic acid groups (broad SMARTS) is 1. The summed E-state index contributed by atoms with van der Waals surface area (Å²) in [4.78, 5) is 25.4. The molecule has 0 aliphatic heterocycles. The van der Waals surface area contributed by atoms with E-state index in [0.29, 0.717) is 10.3 Å². The molecule has 0 aliphatic carbocycles. The second-order valence-corrected chi connectivity index (χ2v) is 2.83. The maximum absolute atomic E-state index is 13.0. The molecule has 14 heavy (non-hydrogen) atoms. The van der Waals surface area contributed by atoms with Gasteiger partial charge in [0.15, 0.2) is 0 Å². The van der Waals surface area contributed by atoms with Crippen LogP contribution >= 0.6 is 0 Å². The van der Waals surface area contributed by atoms with Gasteiger partial charge in [0.05, 0.1) is 0 Å². The molecule has 0 saturated heterocycles. The minimum absolute atomic E-state index is 0.0462. The molecule has 1 atom stereocenters. The normalized spacial score (nSPS) is 12.5. The predicted molar refractivity (Wildman–Crippen MR) is 45.8 cm³/mol. The van der Waals surface area contributed by atoms with Gasteiger partial charge >= 0.3 is 5.97 Å². The van der Waals surface area contributed by atoms with E-state index in [1.807, 2.05) is 0 Å². The predicted octanol–water partition coefficient (Wildman–Crippen LogP) is 0.413. The summed E-state index contributed by atoms with van der Waals surface area (Å²) in [6.45, 7) is 2.96. The van der Waals surface area contributed by atoms with Crippen molar-refractivity contribution in [3.8, 4) is 0 Å². The third-order valence-electron chi connectivity index (χ3n) is 1.69. The summed E-state index contributed by atoms with van der Waals surface area (Å²) in [7, 11) is 0. The molecule has 0 saturated carbocycles. The fourth-order valence-electron chi connectivity index (χ4n) is 1.14. The zero-order chi connectivity index (χ0) is 10.9. The molecular weight excluding hydrogens is 191 g/mol. The Hall–Kier alpha value is -1.72. The van der Waals surface area contributed by atoms with Gasteiger partial charge in [0, 0.05) is 11.8 Å². The molecule has 76 valence electrons. The highest BCUT2D eigenvalue weighted by Crippen LogP contribution is 2.07. The highest BCUT2D eigenvalue weighted by molar-refractivity contribution is 5.70. The average molecular weight is 200 g/mol. The van der Waals surface area contributed by atoms with Crippen molar-refractivity contribution in [2.24, 2.45) is 0 Å². The summed E-state index contributed by atoms with van der Waals surface area (Å²) < 4.78 is 13.5. The number of carboxylic acids is 1. The standard InChI is InChI=1S/C8H9FN2O3/c1-4-3-6(12)11(5(2)10-4)7(9)8(13)14/h3,7H,1-2H3,(H,13,14). The Kier molecular flexibility index (Phi) is 2.64. The van der Waals surface area contributed by atoms with Crippen LogP contribution in [0.1, 0.15) is 17.8 Å². The number of hydrogen-bond donors (Lipinski definition) is 1. The Morgan fingerprint density at radius 3 is 2.64 bits per heavy atom. The van der Waals surface area contributed by atoms with Gasteiger partial charge in [0.2, 0.25) is 0 Å². The minimum Gasteiger partial charge on any atom is -0.478 e. The molecule has 1 aromatic rings. The first kappa shape index (κ1) is 10.4. The molecule has 0 fully saturated rings. The molecular formula is C8H9FN2O3. The van der Waals surface area contributed by atoms with Gasteiger partial charge in [-0.2, -0.15) is 0 Å². The zero-order valence-electron chi connectivity index (χ0n) is 7.69. The second-order valence-electron chi connectivity index (χ2n) is 2.83. The summed E-state index contributed by atoms with van der Waals surface area (Å²) >= 11 is 0. The van der Waals surface area contributed by atoms with E-state index in [4.69, 9.17) is 5.11 Å². The van der Waals surface area contributed by atoms with Gasteiger partial charge < -0.3 is 5.11 Å². The van der Waals surface area contributed by atoms with Crippen molar-refractivity contribution in [3.05, 3.63) is 27.9 Å². The van der Waals surface area contributed by atoms with Crippen molar-refractivity contribution in [2.75, 3.05) is 0 Å². The van der Waals surface area contributed by atoms with Crippen LogP contribution in [-0.2, 0) is 4.79 Å². The van der Waals surface area contributed by atoms with E-state index in [-0.39, 0.29) is 5.82 Å². The number of halogens is 1. The molecule has 0 radical (unpaired) electrons. The van der Waals surface area contributed by atoms with E-state index in [2.05, 4.69) is 4.98 Å². The van der Waals surface area contributed by atoms with Gasteiger partial charge in [0.1, 0.15) is 5.82 Å². The van der Waals surface area contributed by atoms with Gasteiger partial charge in [-0.05, 0) is 13.8 Å². The zero-order valence-corrected chi connectivity index (χ0v) is 7.69. The molecule has 1 N–H and O–H groups in total. The molecule has 0 spiro atoms. The molecule has 0 aromatic carbocycles. The third kappa shape index (κ3) is 1.78. The molecule has 1 rings (SSSR count). The Labute approximate surface area is 78.8 Å². The van der Waals surface area contributed by atoms with Gasteiger partial charge in [-0.15, -0.1) is 0 Å². The monoisotopic (exact) mass is 200 g/mol. The number of nitrogens with zero attached hydrogens (tertiary/aromatic N) is 2. The number of hydrogen-bond acceptors (Lipinski definition) is 3. The molecule has 0 bridgehead atoms. The summed E-state index contributed by atoms with van der Waals surface area (Å²) in [5.74, 6) is -1.66. The molecule has 0 amide bonds. The SMILES string of the molecule is Cc1cc(=O)n(C(F)C(=O)O)c(C)n1. The van der Waals surface area contributed by atoms with E-state index >= 15 is 0 Å². The number of aromatic nitrogens is 2. The van der Waals surface area contributed by atoms with Crippen molar-refractivity contribution < 1.29 is 14.3 Å². The van der Waals surface area contributed by atoms with Crippen LogP contribution < -0.4 is 5.56 Å². The largest absolute Gasteiger partial charge is 0.478 e. The van der Waals surface area contributed by atoms with Crippen LogP contribution in [0.4, 0.5) is 4.39 Å². The number of aliphatic carboxylic acids is 1. The lowest BCUT2D eigenvalue weighted by molar-refractivity contribution is -0.146. The van der Waals surface area contributed by atoms with Crippen LogP contribution in [0.5, 0.6) is 0 Å². The molecule has 6 heteroatoms. The van der Waals surface area contributed by atoms with Gasteiger partial charge in [-0.1, -0.05) is 0 Å². The maximum Gasteiger partial charge on any atom is 0.360 e. The average Bonchev–Trinajstić information content (AvgIpc) is 2.01. The third-order valence-corrected chi connectivity index (χ3v) is 1.69. The smallest absolute Gasteiger partial charge is 0.360 e. The highest BCUT2D eigenvalue weighted by Gasteiger charge is 2.21. The van der Waals surface area contributed by atoms with Crippen LogP contribution in [0.25, 0.3) is 0 Å². The summed E-state index contributed by atoms with van der Waals surface area (Å²) in [5, 5.41) is 8.39. The van der Waals surface area contributed by atoms with Crippen LogP contribution in [-0.4, -0.2) is 20.6 Å². The number of rotatable bonds is 2. The number of aryl methyl sites for hydroxylation is 2. The van der Waals surface area contributed by atoms with Crippen molar-refractivity contribution in [2.45, 2.75) is 20.1 Å². The lowest BCUT2D eigenvalue weighted by atomic mass is 10.4. The fraction of sp³-hybridized carbons (Fsp3) is 0.375. The fourth-order valence-corrected chi connectivity index (χ4v) is 1.14. The number of carbonyl (C=O) groups is 1.